The minimum absolute atomic E-state index is 0.0718. The third kappa shape index (κ3) is 3.72. The number of hydrogen-bond donors (Lipinski definition) is 0. The van der Waals surface area contributed by atoms with Gasteiger partial charge >= 0.3 is 0 Å². The van der Waals surface area contributed by atoms with Gasteiger partial charge in [-0.3, -0.25) is 4.79 Å². The normalized spacial score (nSPS) is 10.6. The molecule has 3 nitrogen and oxygen atoms in total. The van der Waals surface area contributed by atoms with E-state index in [4.69, 9.17) is 9.47 Å². The number of carbonyl (C=O) groups excluding carboxylic acids is 1. The minimum atomic E-state index is -0.0718. The first-order valence-electron chi connectivity index (χ1n) is 6.65. The molecule has 0 radical (unpaired) electrons. The van der Waals surface area contributed by atoms with Gasteiger partial charge in [0.05, 0.1) is 14.2 Å². The molecule has 108 valence electrons. The summed E-state index contributed by atoms with van der Waals surface area (Å²) in [6.07, 6.45) is 3.38. The highest BCUT2D eigenvalue weighted by Gasteiger charge is 2.08. The van der Waals surface area contributed by atoms with Crippen LogP contribution in [0.5, 0.6) is 11.5 Å². The van der Waals surface area contributed by atoms with Crippen LogP contribution in [0.2, 0.25) is 0 Å². The lowest BCUT2D eigenvalue weighted by Gasteiger charge is -2.08. The lowest BCUT2D eigenvalue weighted by Crippen LogP contribution is -1.97. The molecule has 0 fully saturated rings. The van der Waals surface area contributed by atoms with Crippen LogP contribution in [0.1, 0.15) is 21.5 Å². The first kappa shape index (κ1) is 14.9. The van der Waals surface area contributed by atoms with Crippen molar-refractivity contribution < 1.29 is 14.3 Å². The van der Waals surface area contributed by atoms with E-state index in [1.165, 1.54) is 0 Å². The Bertz CT molecular complexity index is 672. The molecule has 0 aliphatic heterocycles. The number of rotatable bonds is 5. The fourth-order valence-corrected chi connectivity index (χ4v) is 2.03. The zero-order valence-electron chi connectivity index (χ0n) is 12.4. The molecule has 0 bridgehead atoms. The summed E-state index contributed by atoms with van der Waals surface area (Å²) < 4.78 is 10.4. The zero-order valence-corrected chi connectivity index (χ0v) is 12.4. The average Bonchev–Trinajstić information content (AvgIpc) is 2.52. The molecule has 0 spiro atoms. The van der Waals surface area contributed by atoms with Crippen molar-refractivity contribution in [3.05, 3.63) is 65.2 Å². The van der Waals surface area contributed by atoms with Gasteiger partial charge in [-0.15, -0.1) is 0 Å². The summed E-state index contributed by atoms with van der Waals surface area (Å²) in [5.74, 6) is 1.08. The number of ether oxygens (including phenoxy) is 2. The number of aryl methyl sites for hydroxylation is 1. The van der Waals surface area contributed by atoms with Crippen molar-refractivity contribution in [2.24, 2.45) is 0 Å². The van der Waals surface area contributed by atoms with E-state index in [0.717, 1.165) is 11.1 Å². The van der Waals surface area contributed by atoms with E-state index in [9.17, 15) is 4.79 Å². The van der Waals surface area contributed by atoms with Gasteiger partial charge in [0.1, 0.15) is 0 Å². The first-order valence-corrected chi connectivity index (χ1v) is 6.65. The van der Waals surface area contributed by atoms with Crippen molar-refractivity contribution in [3.8, 4) is 11.5 Å². The predicted octanol–water partition coefficient (Wildman–Crippen LogP) is 3.91. The summed E-state index contributed by atoms with van der Waals surface area (Å²) in [4.78, 5) is 12.2. The number of hydrogen-bond acceptors (Lipinski definition) is 3. The monoisotopic (exact) mass is 282 g/mol. The second kappa shape index (κ2) is 6.75. The van der Waals surface area contributed by atoms with E-state index >= 15 is 0 Å². The summed E-state index contributed by atoms with van der Waals surface area (Å²) in [6, 6.07) is 13.1. The van der Waals surface area contributed by atoms with Crippen molar-refractivity contribution in [1.29, 1.82) is 0 Å². The topological polar surface area (TPSA) is 35.5 Å². The summed E-state index contributed by atoms with van der Waals surface area (Å²) in [5, 5.41) is 0. The highest BCUT2D eigenvalue weighted by Crippen LogP contribution is 2.27. The average molecular weight is 282 g/mol. The number of ketones is 1. The Morgan fingerprint density at radius 2 is 1.76 bits per heavy atom. The fourth-order valence-electron chi connectivity index (χ4n) is 2.03. The van der Waals surface area contributed by atoms with E-state index < -0.39 is 0 Å². The van der Waals surface area contributed by atoms with E-state index in [2.05, 4.69) is 0 Å². The molecule has 0 aliphatic rings. The number of benzene rings is 2. The van der Waals surface area contributed by atoms with Gasteiger partial charge in [0.2, 0.25) is 0 Å². The Kier molecular flexibility index (Phi) is 4.77. The Balaban J connectivity index is 2.20. The van der Waals surface area contributed by atoms with Crippen LogP contribution in [0.4, 0.5) is 0 Å². The molecule has 3 heteroatoms. The van der Waals surface area contributed by atoms with Crippen LogP contribution in [-0.2, 0) is 0 Å². The molecule has 0 heterocycles. The van der Waals surface area contributed by atoms with Crippen molar-refractivity contribution >= 4 is 11.9 Å². The fraction of sp³-hybridized carbons (Fsp3) is 0.167. The number of carbonyl (C=O) groups is 1. The maximum atomic E-state index is 12.2. The molecule has 0 N–H and O–H groups in total. The van der Waals surface area contributed by atoms with Crippen LogP contribution in [-0.4, -0.2) is 20.0 Å². The largest absolute Gasteiger partial charge is 0.493 e. The summed E-state index contributed by atoms with van der Waals surface area (Å²) in [7, 11) is 3.12. The second-order valence-electron chi connectivity index (χ2n) is 4.68. The molecule has 21 heavy (non-hydrogen) atoms. The highest BCUT2D eigenvalue weighted by atomic mass is 16.5. The standard InChI is InChI=1S/C18H18O3/c1-13-5-4-6-14(11-13)7-9-16(19)15-8-10-17(20-2)18(12-15)21-3/h4-12H,1-3H3. The van der Waals surface area contributed by atoms with Crippen LogP contribution in [0.3, 0.4) is 0 Å². The Morgan fingerprint density at radius 3 is 2.43 bits per heavy atom. The molecule has 0 amide bonds. The Morgan fingerprint density at radius 1 is 1.00 bits per heavy atom. The van der Waals surface area contributed by atoms with Crippen LogP contribution in [0, 0.1) is 6.92 Å². The van der Waals surface area contributed by atoms with E-state index in [0.29, 0.717) is 17.1 Å². The quantitative estimate of drug-likeness (QED) is 0.616. The zero-order chi connectivity index (χ0) is 15.2. The van der Waals surface area contributed by atoms with Crippen LogP contribution in [0.25, 0.3) is 6.08 Å². The third-order valence-corrected chi connectivity index (χ3v) is 3.14. The van der Waals surface area contributed by atoms with Gasteiger partial charge < -0.3 is 9.47 Å². The molecule has 0 saturated heterocycles. The lowest BCUT2D eigenvalue weighted by molar-refractivity contribution is 0.104. The maximum absolute atomic E-state index is 12.2. The predicted molar refractivity (Wildman–Crippen MR) is 84.1 cm³/mol. The van der Waals surface area contributed by atoms with Gasteiger partial charge in [0.15, 0.2) is 17.3 Å². The molecule has 2 rings (SSSR count). The Hall–Kier alpha value is -2.55. The smallest absolute Gasteiger partial charge is 0.185 e. The molecule has 0 aromatic heterocycles. The van der Waals surface area contributed by atoms with Crippen LogP contribution < -0.4 is 9.47 Å². The molecular formula is C18H18O3. The molecule has 0 atom stereocenters. The molecule has 0 unspecified atom stereocenters. The SMILES string of the molecule is COc1ccc(C(=O)C=Cc2cccc(C)c2)cc1OC. The molecule has 0 saturated carbocycles. The third-order valence-electron chi connectivity index (χ3n) is 3.14. The number of methoxy groups -OCH3 is 2. The molecule has 2 aromatic carbocycles. The van der Waals surface area contributed by atoms with Crippen molar-refractivity contribution in [2.45, 2.75) is 6.92 Å². The van der Waals surface area contributed by atoms with E-state index in [1.807, 2.05) is 37.3 Å². The van der Waals surface area contributed by atoms with Gasteiger partial charge in [0, 0.05) is 5.56 Å². The van der Waals surface area contributed by atoms with E-state index in [-0.39, 0.29) is 5.78 Å². The van der Waals surface area contributed by atoms with Gasteiger partial charge in [-0.25, -0.2) is 0 Å². The summed E-state index contributed by atoms with van der Waals surface area (Å²) >= 11 is 0. The van der Waals surface area contributed by atoms with Gasteiger partial charge in [0.25, 0.3) is 0 Å². The second-order valence-corrected chi connectivity index (χ2v) is 4.68. The van der Waals surface area contributed by atoms with Crippen molar-refractivity contribution in [2.75, 3.05) is 14.2 Å². The van der Waals surface area contributed by atoms with Gasteiger partial charge in [-0.05, 0) is 36.8 Å². The lowest BCUT2D eigenvalue weighted by atomic mass is 10.1. The van der Waals surface area contributed by atoms with Crippen LogP contribution >= 0.6 is 0 Å². The van der Waals surface area contributed by atoms with Crippen molar-refractivity contribution in [3.63, 3.8) is 0 Å². The van der Waals surface area contributed by atoms with Gasteiger partial charge in [-0.1, -0.05) is 35.9 Å². The highest BCUT2D eigenvalue weighted by molar-refractivity contribution is 6.07. The van der Waals surface area contributed by atoms with E-state index in [1.54, 1.807) is 38.5 Å². The Labute approximate surface area is 124 Å². The summed E-state index contributed by atoms with van der Waals surface area (Å²) in [5.41, 5.74) is 2.73. The summed E-state index contributed by atoms with van der Waals surface area (Å²) in [6.45, 7) is 2.02. The van der Waals surface area contributed by atoms with Crippen molar-refractivity contribution in [1.82, 2.24) is 0 Å². The van der Waals surface area contributed by atoms with Gasteiger partial charge in [-0.2, -0.15) is 0 Å². The maximum Gasteiger partial charge on any atom is 0.185 e. The van der Waals surface area contributed by atoms with Crippen LogP contribution in [0.15, 0.2) is 48.5 Å². The molecule has 0 aliphatic carbocycles. The first-order chi connectivity index (χ1) is 10.1. The molecular weight excluding hydrogens is 264 g/mol. The number of allylic oxidation sites excluding steroid dienone is 1. The molecule has 2 aromatic rings. The minimum Gasteiger partial charge on any atom is -0.493 e.